The molecule has 98 valence electrons. The summed E-state index contributed by atoms with van der Waals surface area (Å²) in [7, 11) is 3.48. The van der Waals surface area contributed by atoms with E-state index in [2.05, 4.69) is 20.9 Å². The van der Waals surface area contributed by atoms with Crippen LogP contribution in [0.4, 0.5) is 0 Å². The Morgan fingerprint density at radius 1 is 1.21 bits per heavy atom. The van der Waals surface area contributed by atoms with Crippen molar-refractivity contribution in [2.45, 2.75) is 9.92 Å². The molecule has 0 bridgehead atoms. The van der Waals surface area contributed by atoms with E-state index >= 15 is 0 Å². The van der Waals surface area contributed by atoms with Crippen LogP contribution in [0.5, 0.6) is 0 Å². The van der Waals surface area contributed by atoms with Gasteiger partial charge in [0.1, 0.15) is 5.03 Å². The minimum absolute atomic E-state index is 0.0345. The molecular weight excluding hydrogens is 324 g/mol. The Labute approximate surface area is 125 Å². The smallest absolute Gasteiger partial charge is 0.256 e. The summed E-state index contributed by atoms with van der Waals surface area (Å²) in [6, 6.07) is 11.5. The molecule has 0 aliphatic heterocycles. The molecule has 0 saturated carbocycles. The van der Waals surface area contributed by atoms with Gasteiger partial charge in [-0.25, -0.2) is 4.98 Å². The van der Waals surface area contributed by atoms with Crippen molar-refractivity contribution >= 4 is 33.6 Å². The highest BCUT2D eigenvalue weighted by Gasteiger charge is 2.14. The lowest BCUT2D eigenvalue weighted by molar-refractivity contribution is 0.0823. The summed E-state index contributed by atoms with van der Waals surface area (Å²) in [6.07, 6.45) is 1.70. The van der Waals surface area contributed by atoms with Crippen LogP contribution in [0.1, 0.15) is 10.4 Å². The Morgan fingerprint density at radius 2 is 1.89 bits per heavy atom. The van der Waals surface area contributed by atoms with E-state index in [1.807, 2.05) is 24.3 Å². The first-order valence-corrected chi connectivity index (χ1v) is 7.29. The van der Waals surface area contributed by atoms with Crippen LogP contribution >= 0.6 is 27.7 Å². The topological polar surface area (TPSA) is 33.2 Å². The fraction of sp³-hybridized carbons (Fsp3) is 0.143. The molecule has 2 rings (SSSR count). The van der Waals surface area contributed by atoms with Crippen LogP contribution in [-0.4, -0.2) is 29.9 Å². The van der Waals surface area contributed by atoms with Gasteiger partial charge in [-0.1, -0.05) is 27.7 Å². The number of nitrogens with zero attached hydrogens (tertiary/aromatic N) is 2. The molecule has 0 fully saturated rings. The first-order chi connectivity index (χ1) is 9.08. The molecule has 3 nitrogen and oxygen atoms in total. The van der Waals surface area contributed by atoms with Crippen molar-refractivity contribution < 1.29 is 4.79 Å². The van der Waals surface area contributed by atoms with Crippen LogP contribution in [0.3, 0.4) is 0 Å². The van der Waals surface area contributed by atoms with E-state index in [4.69, 9.17) is 0 Å². The van der Waals surface area contributed by atoms with Crippen molar-refractivity contribution in [1.29, 1.82) is 0 Å². The minimum Gasteiger partial charge on any atom is -0.345 e. The van der Waals surface area contributed by atoms with E-state index in [9.17, 15) is 4.79 Å². The SMILES string of the molecule is CN(C)C(=O)c1cccnc1Sc1ccc(Br)cc1. The van der Waals surface area contributed by atoms with E-state index in [0.717, 1.165) is 14.4 Å². The number of carbonyl (C=O) groups excluding carboxylic acids is 1. The normalized spacial score (nSPS) is 10.3. The summed E-state index contributed by atoms with van der Waals surface area (Å²) in [6.45, 7) is 0. The van der Waals surface area contributed by atoms with Gasteiger partial charge in [-0.15, -0.1) is 0 Å². The molecule has 1 aromatic heterocycles. The van der Waals surface area contributed by atoms with Crippen molar-refractivity contribution in [3.8, 4) is 0 Å². The standard InChI is InChI=1S/C14H13BrN2OS/c1-17(2)14(18)12-4-3-9-16-13(12)19-11-7-5-10(15)6-8-11/h3-9H,1-2H3. The Morgan fingerprint density at radius 3 is 2.53 bits per heavy atom. The maximum absolute atomic E-state index is 12.1. The Balaban J connectivity index is 2.30. The fourth-order valence-corrected chi connectivity index (χ4v) is 2.63. The first kappa shape index (κ1) is 14.1. The van der Waals surface area contributed by atoms with Crippen LogP contribution in [0.25, 0.3) is 0 Å². The van der Waals surface area contributed by atoms with Gasteiger partial charge in [0.25, 0.3) is 5.91 Å². The van der Waals surface area contributed by atoms with Crippen molar-refractivity contribution in [2.24, 2.45) is 0 Å². The molecule has 0 unspecified atom stereocenters. The molecule has 0 spiro atoms. The Kier molecular flexibility index (Phi) is 4.61. The average Bonchev–Trinajstić information content (AvgIpc) is 2.41. The first-order valence-electron chi connectivity index (χ1n) is 5.68. The van der Waals surface area contributed by atoms with Crippen molar-refractivity contribution in [3.63, 3.8) is 0 Å². The van der Waals surface area contributed by atoms with Crippen LogP contribution in [0.15, 0.2) is 57.0 Å². The van der Waals surface area contributed by atoms with E-state index in [1.165, 1.54) is 11.8 Å². The number of rotatable bonds is 3. The van der Waals surface area contributed by atoms with Crippen molar-refractivity contribution in [2.75, 3.05) is 14.1 Å². The average molecular weight is 337 g/mol. The van der Waals surface area contributed by atoms with E-state index in [-0.39, 0.29) is 5.91 Å². The summed E-state index contributed by atoms with van der Waals surface area (Å²) < 4.78 is 1.03. The molecule has 0 atom stereocenters. The highest BCUT2D eigenvalue weighted by Crippen LogP contribution is 2.29. The highest BCUT2D eigenvalue weighted by atomic mass is 79.9. The van der Waals surface area contributed by atoms with Crippen LogP contribution < -0.4 is 0 Å². The fourth-order valence-electron chi connectivity index (χ4n) is 1.49. The lowest BCUT2D eigenvalue weighted by Gasteiger charge is -2.12. The minimum atomic E-state index is -0.0345. The summed E-state index contributed by atoms with van der Waals surface area (Å²) in [5, 5.41) is 0.725. The quantitative estimate of drug-likeness (QED) is 0.856. The third kappa shape index (κ3) is 3.58. The zero-order chi connectivity index (χ0) is 13.8. The van der Waals surface area contributed by atoms with Crippen LogP contribution in [0.2, 0.25) is 0 Å². The van der Waals surface area contributed by atoms with Gasteiger partial charge in [0.05, 0.1) is 5.56 Å². The summed E-state index contributed by atoms with van der Waals surface area (Å²) in [4.78, 5) is 19.0. The van der Waals surface area contributed by atoms with Crippen LogP contribution in [-0.2, 0) is 0 Å². The van der Waals surface area contributed by atoms with Gasteiger partial charge in [-0.3, -0.25) is 4.79 Å². The highest BCUT2D eigenvalue weighted by molar-refractivity contribution is 9.10. The number of hydrogen-bond donors (Lipinski definition) is 0. The predicted molar refractivity (Wildman–Crippen MR) is 80.5 cm³/mol. The molecule has 0 aliphatic rings. The third-order valence-corrected chi connectivity index (χ3v) is 3.99. The second-order valence-electron chi connectivity index (χ2n) is 4.11. The van der Waals surface area contributed by atoms with E-state index in [1.54, 1.807) is 37.3 Å². The number of amides is 1. The second-order valence-corrected chi connectivity index (χ2v) is 6.09. The summed E-state index contributed by atoms with van der Waals surface area (Å²) in [5.41, 5.74) is 0.625. The molecule has 19 heavy (non-hydrogen) atoms. The van der Waals surface area contributed by atoms with E-state index < -0.39 is 0 Å². The number of carbonyl (C=O) groups is 1. The molecular formula is C14H13BrN2OS. The molecule has 1 heterocycles. The monoisotopic (exact) mass is 336 g/mol. The summed E-state index contributed by atoms with van der Waals surface area (Å²) in [5.74, 6) is -0.0345. The summed E-state index contributed by atoms with van der Waals surface area (Å²) >= 11 is 4.89. The number of hydrogen-bond acceptors (Lipinski definition) is 3. The van der Waals surface area contributed by atoms with Gasteiger partial charge < -0.3 is 4.90 Å². The maximum Gasteiger partial charge on any atom is 0.256 e. The molecule has 0 N–H and O–H groups in total. The van der Waals surface area contributed by atoms with Gasteiger partial charge in [0.2, 0.25) is 0 Å². The van der Waals surface area contributed by atoms with Crippen molar-refractivity contribution in [3.05, 3.63) is 52.6 Å². The molecule has 5 heteroatoms. The third-order valence-electron chi connectivity index (χ3n) is 2.44. The van der Waals surface area contributed by atoms with Gasteiger partial charge in [0, 0.05) is 29.7 Å². The predicted octanol–water partition coefficient (Wildman–Crippen LogP) is 3.70. The molecule has 2 aromatic rings. The molecule has 0 saturated heterocycles. The lowest BCUT2D eigenvalue weighted by Crippen LogP contribution is -2.22. The number of benzene rings is 1. The lowest BCUT2D eigenvalue weighted by atomic mass is 10.2. The molecule has 1 amide bonds. The zero-order valence-electron chi connectivity index (χ0n) is 10.6. The van der Waals surface area contributed by atoms with Gasteiger partial charge in [-0.2, -0.15) is 0 Å². The number of pyridine rings is 1. The second kappa shape index (κ2) is 6.21. The maximum atomic E-state index is 12.1. The van der Waals surface area contributed by atoms with Gasteiger partial charge in [0.15, 0.2) is 0 Å². The van der Waals surface area contributed by atoms with Gasteiger partial charge >= 0.3 is 0 Å². The largest absolute Gasteiger partial charge is 0.345 e. The van der Waals surface area contributed by atoms with Crippen LogP contribution in [0, 0.1) is 0 Å². The Hall–Kier alpha value is -1.33. The number of halogens is 1. The van der Waals surface area contributed by atoms with Crippen molar-refractivity contribution in [1.82, 2.24) is 9.88 Å². The van der Waals surface area contributed by atoms with Gasteiger partial charge in [-0.05, 0) is 36.4 Å². The molecule has 1 aromatic carbocycles. The Bertz CT molecular complexity index is 584. The zero-order valence-corrected chi connectivity index (χ0v) is 13.0. The molecule has 0 aliphatic carbocycles. The number of aromatic nitrogens is 1. The molecule has 0 radical (unpaired) electrons. The van der Waals surface area contributed by atoms with E-state index in [0.29, 0.717) is 5.56 Å².